The van der Waals surface area contributed by atoms with Gasteiger partial charge in [0.25, 0.3) is 5.91 Å². The summed E-state index contributed by atoms with van der Waals surface area (Å²) in [6.45, 7) is 5.73. The van der Waals surface area contributed by atoms with E-state index in [1.54, 1.807) is 37.4 Å². The molecule has 1 unspecified atom stereocenters. The Morgan fingerprint density at radius 3 is 2.71 bits per heavy atom. The van der Waals surface area contributed by atoms with Gasteiger partial charge in [-0.3, -0.25) is 9.89 Å². The molecule has 0 saturated heterocycles. The number of H-pyrrole nitrogens is 1. The molecule has 6 heteroatoms. The molecule has 0 bridgehead atoms. The lowest BCUT2D eigenvalue weighted by molar-refractivity contribution is -0.122. The van der Waals surface area contributed by atoms with Crippen molar-refractivity contribution in [1.82, 2.24) is 10.2 Å². The van der Waals surface area contributed by atoms with E-state index in [0.29, 0.717) is 16.6 Å². The van der Waals surface area contributed by atoms with E-state index >= 15 is 0 Å². The molecule has 21 heavy (non-hydrogen) atoms. The Bertz CT molecular complexity index is 625. The third-order valence-corrected chi connectivity index (χ3v) is 3.36. The van der Waals surface area contributed by atoms with Gasteiger partial charge in [0.15, 0.2) is 6.10 Å². The van der Waals surface area contributed by atoms with Crippen LogP contribution in [0.25, 0.3) is 0 Å². The van der Waals surface area contributed by atoms with Crippen LogP contribution < -0.4 is 10.1 Å². The fourth-order valence-electron chi connectivity index (χ4n) is 1.84. The average Bonchev–Trinajstić information content (AvgIpc) is 2.89. The number of hydrogen-bond acceptors (Lipinski definition) is 3. The number of benzene rings is 1. The minimum absolute atomic E-state index is 0.263. The van der Waals surface area contributed by atoms with Crippen molar-refractivity contribution in [1.29, 1.82) is 0 Å². The van der Waals surface area contributed by atoms with Crippen LogP contribution in [-0.2, 0) is 4.79 Å². The van der Waals surface area contributed by atoms with E-state index in [1.165, 1.54) is 0 Å². The minimum atomic E-state index is -0.673. The quantitative estimate of drug-likeness (QED) is 0.887. The lowest BCUT2D eigenvalue weighted by atomic mass is 10.1. The lowest BCUT2D eigenvalue weighted by Gasteiger charge is -2.16. The van der Waals surface area contributed by atoms with Crippen molar-refractivity contribution in [2.45, 2.75) is 32.8 Å². The van der Waals surface area contributed by atoms with Crippen molar-refractivity contribution in [3.63, 3.8) is 0 Å². The van der Waals surface area contributed by atoms with Gasteiger partial charge in [0.1, 0.15) is 11.6 Å². The fraction of sp³-hybridized carbons (Fsp3) is 0.333. The summed E-state index contributed by atoms with van der Waals surface area (Å²) < 4.78 is 5.58. The molecule has 2 aromatic rings. The molecule has 0 radical (unpaired) electrons. The number of aromatic nitrogens is 2. The van der Waals surface area contributed by atoms with Crippen LogP contribution in [0.5, 0.6) is 5.75 Å². The molecule has 0 aliphatic carbocycles. The number of rotatable bonds is 5. The highest BCUT2D eigenvalue weighted by Crippen LogP contribution is 2.25. The Labute approximate surface area is 128 Å². The van der Waals surface area contributed by atoms with Gasteiger partial charge in [0.05, 0.1) is 11.2 Å². The minimum Gasteiger partial charge on any atom is -0.479 e. The third kappa shape index (κ3) is 3.76. The molecule has 1 aromatic carbocycles. The molecular formula is C15H18ClN3O2. The normalized spacial score (nSPS) is 12.2. The molecule has 2 rings (SSSR count). The van der Waals surface area contributed by atoms with E-state index in [-0.39, 0.29) is 11.8 Å². The Kier molecular flexibility index (Phi) is 4.85. The molecule has 0 spiro atoms. The summed E-state index contributed by atoms with van der Waals surface area (Å²) in [7, 11) is 0. The van der Waals surface area contributed by atoms with Gasteiger partial charge in [-0.2, -0.15) is 5.10 Å². The summed E-state index contributed by atoms with van der Waals surface area (Å²) in [4.78, 5) is 12.2. The number of hydrogen-bond donors (Lipinski definition) is 2. The highest BCUT2D eigenvalue weighted by molar-refractivity contribution is 6.32. The zero-order valence-corrected chi connectivity index (χ0v) is 12.9. The molecule has 1 amide bonds. The van der Waals surface area contributed by atoms with Crippen LogP contribution in [0.1, 0.15) is 32.3 Å². The number of anilines is 1. The molecule has 2 N–H and O–H groups in total. The largest absolute Gasteiger partial charge is 0.479 e. The summed E-state index contributed by atoms with van der Waals surface area (Å²) >= 11 is 6.01. The van der Waals surface area contributed by atoms with E-state index in [0.717, 1.165) is 5.56 Å². The van der Waals surface area contributed by atoms with Crippen molar-refractivity contribution in [3.8, 4) is 5.75 Å². The first-order chi connectivity index (χ1) is 9.99. The van der Waals surface area contributed by atoms with Crippen LogP contribution >= 0.6 is 11.6 Å². The summed E-state index contributed by atoms with van der Waals surface area (Å²) in [6, 6.07) is 7.05. The maximum Gasteiger partial charge on any atom is 0.266 e. The van der Waals surface area contributed by atoms with Crippen LogP contribution in [0.2, 0.25) is 5.02 Å². The molecule has 5 nitrogen and oxygen atoms in total. The number of aromatic amines is 1. The molecule has 112 valence electrons. The van der Waals surface area contributed by atoms with Crippen molar-refractivity contribution in [2.75, 3.05) is 5.32 Å². The first-order valence-electron chi connectivity index (χ1n) is 6.74. The third-order valence-electron chi connectivity index (χ3n) is 3.05. The summed E-state index contributed by atoms with van der Waals surface area (Å²) in [5.74, 6) is 1.08. The van der Waals surface area contributed by atoms with Crippen molar-refractivity contribution in [3.05, 3.63) is 41.0 Å². The number of ether oxygens (including phenoxy) is 1. The second kappa shape index (κ2) is 6.63. The Balaban J connectivity index is 2.03. The highest BCUT2D eigenvalue weighted by atomic mass is 35.5. The van der Waals surface area contributed by atoms with Crippen LogP contribution in [-0.4, -0.2) is 22.2 Å². The topological polar surface area (TPSA) is 67.0 Å². The second-order valence-corrected chi connectivity index (χ2v) is 5.44. The summed E-state index contributed by atoms with van der Waals surface area (Å²) in [6.07, 6.45) is 1.04. The van der Waals surface area contributed by atoms with E-state index in [2.05, 4.69) is 15.5 Å². The number of nitrogens with zero attached hydrogens (tertiary/aromatic N) is 1. The highest BCUT2D eigenvalue weighted by Gasteiger charge is 2.19. The average molecular weight is 308 g/mol. The zero-order valence-electron chi connectivity index (χ0n) is 12.2. The van der Waals surface area contributed by atoms with Gasteiger partial charge >= 0.3 is 0 Å². The summed E-state index contributed by atoms with van der Waals surface area (Å²) in [5, 5.41) is 10.00. The van der Waals surface area contributed by atoms with Gasteiger partial charge in [-0.15, -0.1) is 0 Å². The van der Waals surface area contributed by atoms with Gasteiger partial charge in [-0.25, -0.2) is 0 Å². The number of carbonyl (C=O) groups excluding carboxylic acids is 1. The van der Waals surface area contributed by atoms with Gasteiger partial charge < -0.3 is 10.1 Å². The smallest absolute Gasteiger partial charge is 0.266 e. The number of halogens is 1. The first-order valence-corrected chi connectivity index (χ1v) is 7.12. The Hall–Kier alpha value is -2.01. The van der Waals surface area contributed by atoms with E-state index in [1.807, 2.05) is 13.8 Å². The van der Waals surface area contributed by atoms with Crippen molar-refractivity contribution in [2.24, 2.45) is 0 Å². The monoisotopic (exact) mass is 307 g/mol. The van der Waals surface area contributed by atoms with Gasteiger partial charge in [-0.1, -0.05) is 37.6 Å². The molecule has 1 atom stereocenters. The zero-order chi connectivity index (χ0) is 15.4. The molecule has 1 aromatic heterocycles. The fourth-order valence-corrected chi connectivity index (χ4v) is 2.02. The molecular weight excluding hydrogens is 290 g/mol. The molecule has 0 aliphatic heterocycles. The predicted molar refractivity (Wildman–Crippen MR) is 82.8 cm³/mol. The van der Waals surface area contributed by atoms with E-state index in [4.69, 9.17) is 16.3 Å². The molecule has 0 saturated carbocycles. The Morgan fingerprint density at radius 1 is 1.33 bits per heavy atom. The molecule has 1 heterocycles. The lowest BCUT2D eigenvalue weighted by Crippen LogP contribution is -2.30. The maximum atomic E-state index is 12.2. The Morgan fingerprint density at radius 2 is 2.05 bits per heavy atom. The second-order valence-electron chi connectivity index (χ2n) is 5.03. The summed E-state index contributed by atoms with van der Waals surface area (Å²) in [5.41, 5.74) is 0.952. The molecule has 0 fully saturated rings. The van der Waals surface area contributed by atoms with Crippen molar-refractivity contribution < 1.29 is 9.53 Å². The standard InChI is InChI=1S/C15H18ClN3O2/c1-9(2)11-8-17-19-14(11)18-15(20)10(3)21-13-7-5-4-6-12(13)16/h4-10H,1-3H3,(H2,17,18,19,20). The van der Waals surface area contributed by atoms with E-state index in [9.17, 15) is 4.79 Å². The van der Waals surface area contributed by atoms with Crippen LogP contribution in [0.4, 0.5) is 5.82 Å². The number of nitrogens with one attached hydrogen (secondary N) is 2. The number of carbonyl (C=O) groups is 1. The SMILES string of the molecule is CC(Oc1ccccc1Cl)C(=O)Nc1[nH]ncc1C(C)C. The van der Waals surface area contributed by atoms with Gasteiger partial charge in [0, 0.05) is 5.56 Å². The van der Waals surface area contributed by atoms with Crippen molar-refractivity contribution >= 4 is 23.3 Å². The number of para-hydroxylation sites is 1. The van der Waals surface area contributed by atoms with Gasteiger partial charge in [0.2, 0.25) is 0 Å². The number of amides is 1. The maximum absolute atomic E-state index is 12.2. The predicted octanol–water partition coefficient (Wildman–Crippen LogP) is 3.59. The molecule has 0 aliphatic rings. The van der Waals surface area contributed by atoms with Crippen LogP contribution in [0.15, 0.2) is 30.5 Å². The van der Waals surface area contributed by atoms with E-state index < -0.39 is 6.10 Å². The van der Waals surface area contributed by atoms with Crippen LogP contribution in [0.3, 0.4) is 0 Å². The van der Waals surface area contributed by atoms with Crippen LogP contribution in [0, 0.1) is 0 Å². The first kappa shape index (κ1) is 15.4. The van der Waals surface area contributed by atoms with Gasteiger partial charge in [-0.05, 0) is 25.0 Å².